The van der Waals surface area contributed by atoms with Gasteiger partial charge in [0.25, 0.3) is 0 Å². The summed E-state index contributed by atoms with van der Waals surface area (Å²) in [7, 11) is 0. The molecule has 1 aromatic heterocycles. The van der Waals surface area contributed by atoms with E-state index in [4.69, 9.17) is 0 Å². The second-order valence-electron chi connectivity index (χ2n) is 5.38. The lowest BCUT2D eigenvalue weighted by atomic mass is 9.95. The average Bonchev–Trinajstić information content (AvgIpc) is 2.53. The summed E-state index contributed by atoms with van der Waals surface area (Å²) in [5.74, 6) is 1.30. The highest BCUT2D eigenvalue weighted by molar-refractivity contribution is 8.00. The molecule has 106 valence electrons. The van der Waals surface area contributed by atoms with Crippen molar-refractivity contribution in [3.8, 4) is 0 Å². The van der Waals surface area contributed by atoms with Crippen molar-refractivity contribution in [3.63, 3.8) is 0 Å². The summed E-state index contributed by atoms with van der Waals surface area (Å²) in [4.78, 5) is 4.33. The van der Waals surface area contributed by atoms with E-state index in [1.807, 2.05) is 12.4 Å². The fraction of sp³-hybridized carbons (Fsp3) is 0.471. The third-order valence-electron chi connectivity index (χ3n) is 4.06. The number of pyridine rings is 1. The zero-order valence-corrected chi connectivity index (χ0v) is 12.8. The first kappa shape index (κ1) is 13.9. The third-order valence-corrected chi connectivity index (χ3v) is 5.52. The molecule has 2 nitrogen and oxygen atoms in total. The van der Waals surface area contributed by atoms with Crippen LogP contribution in [0.25, 0.3) is 10.8 Å². The predicted molar refractivity (Wildman–Crippen MR) is 88.3 cm³/mol. The lowest BCUT2D eigenvalue weighted by Gasteiger charge is -2.31. The zero-order valence-electron chi connectivity index (χ0n) is 12.0. The maximum Gasteiger partial charge on any atom is 0.0447 e. The van der Waals surface area contributed by atoms with E-state index in [0.717, 1.165) is 6.54 Å². The quantitative estimate of drug-likeness (QED) is 0.913. The number of hydrogen-bond donors (Lipinski definition) is 1. The number of aromatic nitrogens is 1. The average molecular weight is 286 g/mol. The van der Waals surface area contributed by atoms with Crippen LogP contribution in [0.4, 0.5) is 0 Å². The first-order valence-corrected chi connectivity index (χ1v) is 8.62. The van der Waals surface area contributed by atoms with E-state index in [1.54, 1.807) is 0 Å². The minimum Gasteiger partial charge on any atom is -0.309 e. The summed E-state index contributed by atoms with van der Waals surface area (Å²) < 4.78 is 0. The van der Waals surface area contributed by atoms with Crippen LogP contribution in [0.2, 0.25) is 0 Å². The largest absolute Gasteiger partial charge is 0.309 e. The van der Waals surface area contributed by atoms with Crippen molar-refractivity contribution in [2.24, 2.45) is 0 Å². The van der Waals surface area contributed by atoms with Gasteiger partial charge >= 0.3 is 0 Å². The van der Waals surface area contributed by atoms with Gasteiger partial charge in [0.2, 0.25) is 0 Å². The van der Waals surface area contributed by atoms with Gasteiger partial charge in [-0.05, 0) is 42.2 Å². The molecule has 0 bridgehead atoms. The van der Waals surface area contributed by atoms with E-state index < -0.39 is 0 Å². The Hall–Kier alpha value is -1.06. The Morgan fingerprint density at radius 3 is 3.10 bits per heavy atom. The highest BCUT2D eigenvalue weighted by Gasteiger charge is 2.26. The second kappa shape index (κ2) is 6.59. The SMILES string of the molecule is CCNC(c1cccc2ccncc12)C1CCCCS1. The number of nitrogens with zero attached hydrogens (tertiary/aromatic N) is 1. The van der Waals surface area contributed by atoms with Gasteiger partial charge in [0.15, 0.2) is 0 Å². The molecule has 2 heterocycles. The lowest BCUT2D eigenvalue weighted by Crippen LogP contribution is -2.31. The summed E-state index contributed by atoms with van der Waals surface area (Å²) >= 11 is 2.13. The molecule has 1 N–H and O–H groups in total. The van der Waals surface area contributed by atoms with E-state index in [-0.39, 0.29) is 0 Å². The van der Waals surface area contributed by atoms with Crippen molar-refractivity contribution in [3.05, 3.63) is 42.2 Å². The summed E-state index contributed by atoms with van der Waals surface area (Å²) in [6.45, 7) is 3.21. The molecule has 0 radical (unpaired) electrons. The van der Waals surface area contributed by atoms with Gasteiger partial charge in [0.1, 0.15) is 0 Å². The highest BCUT2D eigenvalue weighted by Crippen LogP contribution is 2.37. The Morgan fingerprint density at radius 2 is 2.30 bits per heavy atom. The number of benzene rings is 1. The fourth-order valence-corrected chi connectivity index (χ4v) is 4.54. The molecule has 3 rings (SSSR count). The maximum atomic E-state index is 4.33. The van der Waals surface area contributed by atoms with E-state index in [2.05, 4.69) is 53.3 Å². The molecule has 1 fully saturated rings. The minimum atomic E-state index is 0.443. The molecule has 1 aromatic carbocycles. The Morgan fingerprint density at radius 1 is 1.35 bits per heavy atom. The van der Waals surface area contributed by atoms with Crippen molar-refractivity contribution >= 4 is 22.5 Å². The summed E-state index contributed by atoms with van der Waals surface area (Å²) in [5.41, 5.74) is 1.41. The number of nitrogens with one attached hydrogen (secondary N) is 1. The molecule has 0 saturated carbocycles. The molecule has 0 aliphatic carbocycles. The molecular weight excluding hydrogens is 264 g/mol. The van der Waals surface area contributed by atoms with Gasteiger partial charge in [-0.2, -0.15) is 11.8 Å². The van der Waals surface area contributed by atoms with Crippen molar-refractivity contribution in [2.45, 2.75) is 37.5 Å². The van der Waals surface area contributed by atoms with E-state index in [0.29, 0.717) is 11.3 Å². The van der Waals surface area contributed by atoms with Crippen LogP contribution in [0, 0.1) is 0 Å². The summed E-state index contributed by atoms with van der Waals surface area (Å²) in [6, 6.07) is 9.17. The monoisotopic (exact) mass is 286 g/mol. The fourth-order valence-electron chi connectivity index (χ4n) is 3.10. The Balaban J connectivity index is 2.00. The van der Waals surface area contributed by atoms with Crippen LogP contribution in [-0.4, -0.2) is 22.5 Å². The normalized spacial score (nSPS) is 20.9. The van der Waals surface area contributed by atoms with Gasteiger partial charge in [-0.25, -0.2) is 0 Å². The van der Waals surface area contributed by atoms with Crippen molar-refractivity contribution in [1.82, 2.24) is 10.3 Å². The van der Waals surface area contributed by atoms with E-state index in [9.17, 15) is 0 Å². The van der Waals surface area contributed by atoms with Crippen LogP contribution in [0.3, 0.4) is 0 Å². The smallest absolute Gasteiger partial charge is 0.0447 e. The van der Waals surface area contributed by atoms with Crippen molar-refractivity contribution in [1.29, 1.82) is 0 Å². The van der Waals surface area contributed by atoms with Gasteiger partial charge in [-0.3, -0.25) is 4.98 Å². The number of rotatable bonds is 4. The maximum absolute atomic E-state index is 4.33. The standard InChI is InChI=1S/C17H22N2S/c1-2-19-17(16-8-3-4-11-20-16)14-7-5-6-13-9-10-18-12-15(13)14/h5-7,9-10,12,16-17,19H,2-4,8,11H2,1H3. The molecule has 0 spiro atoms. The first-order chi connectivity index (χ1) is 9.90. The topological polar surface area (TPSA) is 24.9 Å². The molecule has 2 atom stereocenters. The molecule has 2 unspecified atom stereocenters. The van der Waals surface area contributed by atoms with Crippen molar-refractivity contribution < 1.29 is 0 Å². The summed E-state index contributed by atoms with van der Waals surface area (Å²) in [6.07, 6.45) is 7.95. The van der Waals surface area contributed by atoms with E-state index >= 15 is 0 Å². The van der Waals surface area contributed by atoms with Gasteiger partial charge in [0, 0.05) is 29.1 Å². The minimum absolute atomic E-state index is 0.443. The molecule has 20 heavy (non-hydrogen) atoms. The van der Waals surface area contributed by atoms with Crippen LogP contribution < -0.4 is 5.32 Å². The second-order valence-corrected chi connectivity index (χ2v) is 6.73. The number of hydrogen-bond acceptors (Lipinski definition) is 3. The lowest BCUT2D eigenvalue weighted by molar-refractivity contribution is 0.494. The molecule has 2 aromatic rings. The molecule has 1 aliphatic rings. The van der Waals surface area contributed by atoms with E-state index in [1.165, 1.54) is 41.4 Å². The molecule has 3 heteroatoms. The van der Waals surface area contributed by atoms with Crippen molar-refractivity contribution in [2.75, 3.05) is 12.3 Å². The molecule has 0 amide bonds. The molecule has 1 saturated heterocycles. The van der Waals surface area contributed by atoms with Crippen LogP contribution >= 0.6 is 11.8 Å². The predicted octanol–water partition coefficient (Wildman–Crippen LogP) is 4.17. The highest BCUT2D eigenvalue weighted by atomic mass is 32.2. The third kappa shape index (κ3) is 2.84. The van der Waals surface area contributed by atoms with Crippen LogP contribution in [-0.2, 0) is 0 Å². The van der Waals surface area contributed by atoms with Gasteiger partial charge in [-0.15, -0.1) is 0 Å². The first-order valence-electron chi connectivity index (χ1n) is 7.58. The Bertz CT molecular complexity index is 558. The van der Waals surface area contributed by atoms with Crippen LogP contribution in [0.1, 0.15) is 37.8 Å². The molecular formula is C17H22N2S. The van der Waals surface area contributed by atoms with Gasteiger partial charge < -0.3 is 5.32 Å². The summed E-state index contributed by atoms with van der Waals surface area (Å²) in [5, 5.41) is 6.99. The van der Waals surface area contributed by atoms with Crippen LogP contribution in [0.15, 0.2) is 36.7 Å². The van der Waals surface area contributed by atoms with Gasteiger partial charge in [-0.1, -0.05) is 31.5 Å². The Kier molecular flexibility index (Phi) is 4.58. The zero-order chi connectivity index (χ0) is 13.8. The number of thioether (sulfide) groups is 1. The van der Waals surface area contributed by atoms with Crippen LogP contribution in [0.5, 0.6) is 0 Å². The Labute approximate surface area is 125 Å². The molecule has 1 aliphatic heterocycles. The number of fused-ring (bicyclic) bond motifs is 1. The van der Waals surface area contributed by atoms with Gasteiger partial charge in [0.05, 0.1) is 0 Å².